The van der Waals surface area contributed by atoms with Crippen LogP contribution in [0.1, 0.15) is 34.0 Å². The number of aromatic amines is 1. The van der Waals surface area contributed by atoms with Crippen LogP contribution < -0.4 is 15.4 Å². The number of hydrogen-bond donors (Lipinski definition) is 4. The first-order valence-corrected chi connectivity index (χ1v) is 11.1. The number of carbonyl (C=O) groups is 2. The first-order chi connectivity index (χ1) is 16.0. The van der Waals surface area contributed by atoms with E-state index in [9.17, 15) is 14.7 Å². The first kappa shape index (κ1) is 26.6. The fourth-order valence-corrected chi connectivity index (χ4v) is 4.33. The van der Waals surface area contributed by atoms with E-state index in [0.29, 0.717) is 30.0 Å². The van der Waals surface area contributed by atoms with Crippen molar-refractivity contribution in [1.29, 1.82) is 0 Å². The number of piperazine rings is 1. The van der Waals surface area contributed by atoms with Crippen LogP contribution >= 0.6 is 24.8 Å². The van der Waals surface area contributed by atoms with Crippen molar-refractivity contribution >= 4 is 53.5 Å². The number of aromatic hydroxyl groups is 1. The average molecular weight is 519 g/mol. The Balaban J connectivity index is 0.00000171. The van der Waals surface area contributed by atoms with Gasteiger partial charge in [0.2, 0.25) is 11.7 Å². The average Bonchev–Trinajstić information content (AvgIpc) is 3.36. The number of Topliss-reactive ketones (excluding diaryl/α,β-unsaturated/α-hetero) is 1. The van der Waals surface area contributed by atoms with Gasteiger partial charge in [0.25, 0.3) is 0 Å². The maximum absolute atomic E-state index is 13.1. The zero-order valence-corrected chi connectivity index (χ0v) is 20.9. The molecular weight excluding hydrogens is 491 g/mol. The van der Waals surface area contributed by atoms with Gasteiger partial charge in [0, 0.05) is 68.9 Å². The topological polar surface area (TPSA) is 107 Å². The number of benzene rings is 2. The Morgan fingerprint density at radius 2 is 1.97 bits per heavy atom. The predicted octanol–water partition coefficient (Wildman–Crippen LogP) is 3.37. The first-order valence-electron chi connectivity index (χ1n) is 11.1. The van der Waals surface area contributed by atoms with Crippen LogP contribution in [-0.4, -0.2) is 52.9 Å². The minimum absolute atomic E-state index is 0. The molecule has 2 aromatic carbocycles. The van der Waals surface area contributed by atoms with Crippen molar-refractivity contribution in [2.45, 2.75) is 20.0 Å². The SMILES string of the molecule is CC(=O)NCc1ccc2[nH]cc(/C=C3\Oc4c(ccc(O)c4CN4CCNCC4)C3=O)c2c1.Cl.Cl. The molecule has 5 rings (SSSR count). The van der Waals surface area contributed by atoms with Crippen LogP contribution in [0.25, 0.3) is 17.0 Å². The number of phenols is 1. The Hall–Kier alpha value is -3.04. The minimum atomic E-state index is -0.199. The largest absolute Gasteiger partial charge is 0.507 e. The number of amides is 1. The van der Waals surface area contributed by atoms with Crippen molar-refractivity contribution in [3.8, 4) is 11.5 Å². The zero-order valence-electron chi connectivity index (χ0n) is 19.2. The third kappa shape index (κ3) is 5.46. The molecule has 0 atom stereocenters. The van der Waals surface area contributed by atoms with E-state index in [2.05, 4.69) is 20.5 Å². The molecule has 0 unspecified atom stereocenters. The highest BCUT2D eigenvalue weighted by molar-refractivity contribution is 6.15. The number of rotatable bonds is 5. The van der Waals surface area contributed by atoms with Crippen molar-refractivity contribution in [3.05, 3.63) is 64.5 Å². The van der Waals surface area contributed by atoms with Crippen LogP contribution in [-0.2, 0) is 17.9 Å². The Bertz CT molecular complexity index is 1280. The van der Waals surface area contributed by atoms with Gasteiger partial charge in [-0.25, -0.2) is 0 Å². The monoisotopic (exact) mass is 518 g/mol. The van der Waals surface area contributed by atoms with E-state index in [1.54, 1.807) is 18.2 Å². The van der Waals surface area contributed by atoms with Gasteiger partial charge in [-0.1, -0.05) is 6.07 Å². The lowest BCUT2D eigenvalue weighted by molar-refractivity contribution is -0.119. The molecule has 0 spiro atoms. The van der Waals surface area contributed by atoms with E-state index < -0.39 is 0 Å². The summed E-state index contributed by atoms with van der Waals surface area (Å²) in [6, 6.07) is 9.08. The van der Waals surface area contributed by atoms with Crippen LogP contribution in [0.2, 0.25) is 0 Å². The molecular formula is C25H28Cl2N4O4. The quantitative estimate of drug-likeness (QED) is 0.386. The van der Waals surface area contributed by atoms with Gasteiger partial charge in [-0.05, 0) is 35.9 Å². The van der Waals surface area contributed by atoms with Crippen molar-refractivity contribution < 1.29 is 19.4 Å². The van der Waals surface area contributed by atoms with E-state index in [1.807, 2.05) is 24.4 Å². The summed E-state index contributed by atoms with van der Waals surface area (Å²) in [5, 5.41) is 17.6. The number of allylic oxidation sites excluding steroid dienone is 1. The molecule has 1 amide bonds. The lowest BCUT2D eigenvalue weighted by Gasteiger charge is -2.27. The Labute approximate surface area is 215 Å². The van der Waals surface area contributed by atoms with Gasteiger partial charge >= 0.3 is 0 Å². The highest BCUT2D eigenvalue weighted by Gasteiger charge is 2.32. The summed E-state index contributed by atoms with van der Waals surface area (Å²) in [7, 11) is 0. The summed E-state index contributed by atoms with van der Waals surface area (Å²) in [6.07, 6.45) is 3.56. The molecule has 0 bridgehead atoms. The maximum Gasteiger partial charge on any atom is 0.231 e. The second kappa shape index (κ2) is 11.1. The highest BCUT2D eigenvalue weighted by atomic mass is 35.5. The Morgan fingerprint density at radius 1 is 1.20 bits per heavy atom. The molecule has 10 heteroatoms. The summed E-state index contributed by atoms with van der Waals surface area (Å²) in [4.78, 5) is 29.8. The minimum Gasteiger partial charge on any atom is -0.507 e. The summed E-state index contributed by atoms with van der Waals surface area (Å²) in [5.41, 5.74) is 3.81. The van der Waals surface area contributed by atoms with Gasteiger partial charge in [-0.3, -0.25) is 14.5 Å². The number of aromatic nitrogens is 1. The molecule has 8 nitrogen and oxygen atoms in total. The van der Waals surface area contributed by atoms with Gasteiger partial charge in [0.15, 0.2) is 5.76 Å². The predicted molar refractivity (Wildman–Crippen MR) is 140 cm³/mol. The molecule has 1 fully saturated rings. The summed E-state index contributed by atoms with van der Waals surface area (Å²) in [5.74, 6) is 0.516. The van der Waals surface area contributed by atoms with Gasteiger partial charge in [-0.15, -0.1) is 24.8 Å². The van der Waals surface area contributed by atoms with Gasteiger partial charge in [-0.2, -0.15) is 0 Å². The molecule has 35 heavy (non-hydrogen) atoms. The van der Waals surface area contributed by atoms with Gasteiger partial charge < -0.3 is 25.5 Å². The molecule has 0 saturated carbocycles. The fourth-order valence-electron chi connectivity index (χ4n) is 4.33. The number of phenolic OH excluding ortho intramolecular Hbond substituents is 1. The number of carbonyl (C=O) groups excluding carboxylic acids is 2. The molecule has 2 aliphatic rings. The number of halogens is 2. The van der Waals surface area contributed by atoms with E-state index >= 15 is 0 Å². The molecule has 2 aliphatic heterocycles. The third-order valence-corrected chi connectivity index (χ3v) is 6.11. The third-order valence-electron chi connectivity index (χ3n) is 6.11. The number of nitrogens with zero attached hydrogens (tertiary/aromatic N) is 1. The molecule has 1 saturated heterocycles. The number of nitrogens with one attached hydrogen (secondary N) is 3. The lowest BCUT2D eigenvalue weighted by atomic mass is 10.0. The molecule has 4 N–H and O–H groups in total. The number of fused-ring (bicyclic) bond motifs is 2. The lowest BCUT2D eigenvalue weighted by Crippen LogP contribution is -2.42. The van der Waals surface area contributed by atoms with Gasteiger partial charge in [0.1, 0.15) is 11.5 Å². The zero-order chi connectivity index (χ0) is 22.9. The standard InChI is InChI=1S/C25H26N4O4.2ClH/c1-15(30)27-12-16-2-4-21-19(10-16)17(13-28-21)11-23-24(32)18-3-5-22(31)20(25(18)33-23)14-29-8-6-26-7-9-29;;/h2-5,10-11,13,26,28,31H,6-9,12,14H2,1H3,(H,27,30);2*1H/b23-11-;;. The van der Waals surface area contributed by atoms with Crippen molar-refractivity contribution in [2.75, 3.05) is 26.2 Å². The van der Waals surface area contributed by atoms with Crippen LogP contribution in [0, 0.1) is 0 Å². The number of ketones is 1. The van der Waals surface area contributed by atoms with Crippen molar-refractivity contribution in [1.82, 2.24) is 20.5 Å². The molecule has 1 aromatic heterocycles. The fraction of sp³-hybridized carbons (Fsp3) is 0.280. The van der Waals surface area contributed by atoms with E-state index in [1.165, 1.54) is 6.92 Å². The summed E-state index contributed by atoms with van der Waals surface area (Å²) in [6.45, 7) is 5.97. The summed E-state index contributed by atoms with van der Waals surface area (Å²) >= 11 is 0. The van der Waals surface area contributed by atoms with Crippen LogP contribution in [0.3, 0.4) is 0 Å². The van der Waals surface area contributed by atoms with E-state index in [4.69, 9.17) is 4.74 Å². The van der Waals surface area contributed by atoms with Crippen molar-refractivity contribution in [2.24, 2.45) is 0 Å². The van der Waals surface area contributed by atoms with Crippen molar-refractivity contribution in [3.63, 3.8) is 0 Å². The second-order valence-electron chi connectivity index (χ2n) is 8.44. The normalized spacial score (nSPS) is 16.4. The molecule has 186 valence electrons. The summed E-state index contributed by atoms with van der Waals surface area (Å²) < 4.78 is 6.04. The smallest absolute Gasteiger partial charge is 0.231 e. The molecule has 0 radical (unpaired) electrons. The maximum atomic E-state index is 13.1. The second-order valence-corrected chi connectivity index (χ2v) is 8.44. The van der Waals surface area contributed by atoms with Gasteiger partial charge in [0.05, 0.1) is 11.1 Å². The number of hydrogen-bond acceptors (Lipinski definition) is 6. The van der Waals surface area contributed by atoms with E-state index in [0.717, 1.165) is 48.2 Å². The highest BCUT2D eigenvalue weighted by Crippen LogP contribution is 2.40. The van der Waals surface area contributed by atoms with Crippen LogP contribution in [0.15, 0.2) is 42.3 Å². The molecule has 3 aromatic rings. The number of ether oxygens (including phenoxy) is 1. The molecule has 3 heterocycles. The number of H-pyrrole nitrogens is 1. The van der Waals surface area contributed by atoms with E-state index in [-0.39, 0.29) is 48.0 Å². The van der Waals surface area contributed by atoms with Crippen LogP contribution in [0.5, 0.6) is 11.5 Å². The molecule has 0 aliphatic carbocycles. The Morgan fingerprint density at radius 3 is 2.71 bits per heavy atom. The Kier molecular flexibility index (Phi) is 8.45. The van der Waals surface area contributed by atoms with Crippen LogP contribution in [0.4, 0.5) is 0 Å².